The fourth-order valence-corrected chi connectivity index (χ4v) is 6.15. The van der Waals surface area contributed by atoms with Gasteiger partial charge < -0.3 is 0 Å². The molecule has 0 unspecified atom stereocenters. The zero-order valence-electron chi connectivity index (χ0n) is 22.4. The van der Waals surface area contributed by atoms with Gasteiger partial charge in [0.15, 0.2) is 0 Å². The molecule has 0 amide bonds. The summed E-state index contributed by atoms with van der Waals surface area (Å²) >= 11 is 0. The number of pyridine rings is 1. The van der Waals surface area contributed by atoms with E-state index in [1.165, 1.54) is 32.7 Å². The van der Waals surface area contributed by atoms with Crippen LogP contribution in [0.1, 0.15) is 0 Å². The number of hydrogen-bond donors (Lipinski definition) is 0. The fraction of sp³-hybridized carbons (Fsp3) is 0. The summed E-state index contributed by atoms with van der Waals surface area (Å²) in [5.41, 5.74) is 10.1. The molecule has 0 aliphatic rings. The monoisotopic (exact) mass is 522 g/mol. The van der Waals surface area contributed by atoms with E-state index in [0.717, 1.165) is 39.2 Å². The van der Waals surface area contributed by atoms with E-state index in [1.54, 1.807) is 0 Å². The minimum Gasteiger partial charge on any atom is -0.231 e. The Balaban J connectivity index is 1.53. The van der Waals surface area contributed by atoms with E-state index in [2.05, 4.69) is 162 Å². The van der Waals surface area contributed by atoms with E-state index in [0.29, 0.717) is 0 Å². The van der Waals surface area contributed by atoms with Crippen LogP contribution in [0.4, 0.5) is 0 Å². The Labute approximate surface area is 238 Å². The molecule has 8 rings (SSSR count). The topological polar surface area (TPSA) is 17.3 Å². The van der Waals surface area contributed by atoms with Gasteiger partial charge in [0.25, 0.3) is 0 Å². The van der Waals surface area contributed by atoms with Gasteiger partial charge in [-0.2, -0.15) is 5.10 Å². The van der Waals surface area contributed by atoms with Crippen molar-refractivity contribution in [2.24, 2.45) is 0 Å². The van der Waals surface area contributed by atoms with Gasteiger partial charge in [-0.25, -0.2) is 4.52 Å². The minimum atomic E-state index is 0.980. The second-order valence-electron chi connectivity index (χ2n) is 10.4. The highest BCUT2D eigenvalue weighted by Crippen LogP contribution is 2.44. The summed E-state index contributed by atoms with van der Waals surface area (Å²) in [6.07, 6.45) is 0. The minimum absolute atomic E-state index is 0.980. The molecule has 0 aliphatic carbocycles. The van der Waals surface area contributed by atoms with Crippen LogP contribution < -0.4 is 0 Å². The number of aromatic nitrogens is 2. The van der Waals surface area contributed by atoms with Crippen molar-refractivity contribution < 1.29 is 0 Å². The molecule has 2 heteroatoms. The van der Waals surface area contributed by atoms with Crippen molar-refractivity contribution in [1.82, 2.24) is 9.61 Å². The Hall–Kier alpha value is -5.47. The van der Waals surface area contributed by atoms with Crippen molar-refractivity contribution in [3.63, 3.8) is 0 Å². The van der Waals surface area contributed by atoms with Crippen LogP contribution in [0.2, 0.25) is 0 Å². The van der Waals surface area contributed by atoms with Crippen LogP contribution >= 0.6 is 0 Å². The van der Waals surface area contributed by atoms with Crippen LogP contribution in [-0.2, 0) is 0 Å². The predicted molar refractivity (Wildman–Crippen MR) is 172 cm³/mol. The average molecular weight is 523 g/mol. The van der Waals surface area contributed by atoms with E-state index in [-0.39, 0.29) is 0 Å². The largest absolute Gasteiger partial charge is 0.231 e. The highest BCUT2D eigenvalue weighted by atomic mass is 15.2. The summed E-state index contributed by atoms with van der Waals surface area (Å²) in [6, 6.07) is 56.1. The lowest BCUT2D eigenvalue weighted by Crippen LogP contribution is -1.95. The number of fused-ring (bicyclic) bond motifs is 4. The smallest absolute Gasteiger partial charge is 0.102 e. The van der Waals surface area contributed by atoms with Crippen LogP contribution in [0.25, 0.3) is 71.8 Å². The summed E-state index contributed by atoms with van der Waals surface area (Å²) in [5, 5.41) is 10.3. The van der Waals surface area contributed by atoms with Crippen molar-refractivity contribution in [1.29, 1.82) is 0 Å². The molecule has 2 heterocycles. The third-order valence-corrected chi connectivity index (χ3v) is 8.02. The summed E-state index contributed by atoms with van der Waals surface area (Å²) < 4.78 is 2.16. The van der Waals surface area contributed by atoms with E-state index in [4.69, 9.17) is 5.10 Å². The summed E-state index contributed by atoms with van der Waals surface area (Å²) in [5.74, 6) is 0. The number of nitrogens with zero attached hydrogens (tertiary/aromatic N) is 2. The molecular weight excluding hydrogens is 496 g/mol. The first-order valence-electron chi connectivity index (χ1n) is 14.0. The molecule has 2 aromatic heterocycles. The van der Waals surface area contributed by atoms with Crippen LogP contribution in [0.15, 0.2) is 158 Å². The summed E-state index contributed by atoms with van der Waals surface area (Å²) in [6.45, 7) is 0. The van der Waals surface area contributed by atoms with Crippen LogP contribution in [0.3, 0.4) is 0 Å². The maximum atomic E-state index is 5.47. The van der Waals surface area contributed by atoms with Crippen molar-refractivity contribution in [3.05, 3.63) is 158 Å². The lowest BCUT2D eigenvalue weighted by Gasteiger charge is -2.13. The van der Waals surface area contributed by atoms with Gasteiger partial charge in [-0.05, 0) is 38.9 Å². The Morgan fingerprint density at radius 3 is 1.76 bits per heavy atom. The van der Waals surface area contributed by atoms with Gasteiger partial charge in [0, 0.05) is 22.1 Å². The van der Waals surface area contributed by atoms with Gasteiger partial charge in [0.1, 0.15) is 5.69 Å². The molecule has 2 nitrogen and oxygen atoms in total. The molecule has 0 aliphatic heterocycles. The third-order valence-electron chi connectivity index (χ3n) is 8.02. The van der Waals surface area contributed by atoms with Gasteiger partial charge in [0.2, 0.25) is 0 Å². The molecule has 0 fully saturated rings. The Kier molecular flexibility index (Phi) is 5.49. The Bertz CT molecular complexity index is 2190. The van der Waals surface area contributed by atoms with Gasteiger partial charge in [-0.1, -0.05) is 152 Å². The van der Waals surface area contributed by atoms with E-state index >= 15 is 0 Å². The first-order chi connectivity index (χ1) is 20.4. The van der Waals surface area contributed by atoms with E-state index in [9.17, 15) is 0 Å². The molecule has 0 saturated carbocycles. The van der Waals surface area contributed by atoms with Gasteiger partial charge in [0.05, 0.1) is 11.2 Å². The zero-order chi connectivity index (χ0) is 27.2. The fourth-order valence-electron chi connectivity index (χ4n) is 6.15. The molecule has 8 aromatic rings. The molecule has 6 aromatic carbocycles. The summed E-state index contributed by atoms with van der Waals surface area (Å²) in [7, 11) is 0. The third kappa shape index (κ3) is 3.84. The summed E-state index contributed by atoms with van der Waals surface area (Å²) in [4.78, 5) is 0. The second-order valence-corrected chi connectivity index (χ2v) is 10.4. The molecule has 0 saturated heterocycles. The normalized spacial score (nSPS) is 11.4. The Morgan fingerprint density at radius 1 is 0.415 bits per heavy atom. The second kappa shape index (κ2) is 9.62. The average Bonchev–Trinajstić information content (AvgIpc) is 3.46. The molecule has 41 heavy (non-hydrogen) atoms. The molecule has 0 N–H and O–H groups in total. The number of rotatable bonds is 4. The molecule has 0 bridgehead atoms. The maximum Gasteiger partial charge on any atom is 0.102 e. The van der Waals surface area contributed by atoms with Crippen molar-refractivity contribution in [2.75, 3.05) is 0 Å². The molecule has 0 atom stereocenters. The highest BCUT2D eigenvalue weighted by Gasteiger charge is 2.23. The molecule has 192 valence electrons. The molecular formula is C39H26N2. The molecule has 0 spiro atoms. The number of hydrogen-bond acceptors (Lipinski definition) is 1. The van der Waals surface area contributed by atoms with Gasteiger partial charge in [-0.3, -0.25) is 0 Å². The van der Waals surface area contributed by atoms with Gasteiger partial charge in [-0.15, -0.1) is 0 Å². The van der Waals surface area contributed by atoms with Crippen molar-refractivity contribution in [3.8, 4) is 44.8 Å². The van der Waals surface area contributed by atoms with Crippen LogP contribution in [-0.4, -0.2) is 9.61 Å². The number of benzene rings is 6. The van der Waals surface area contributed by atoms with E-state index in [1.807, 2.05) is 0 Å². The zero-order valence-corrected chi connectivity index (χ0v) is 22.4. The van der Waals surface area contributed by atoms with Crippen LogP contribution in [0, 0.1) is 0 Å². The molecule has 0 radical (unpaired) electrons. The lowest BCUT2D eigenvalue weighted by molar-refractivity contribution is 0.980. The van der Waals surface area contributed by atoms with Crippen molar-refractivity contribution in [2.45, 2.75) is 0 Å². The maximum absolute atomic E-state index is 5.47. The van der Waals surface area contributed by atoms with Crippen LogP contribution in [0.5, 0.6) is 0 Å². The van der Waals surface area contributed by atoms with Gasteiger partial charge >= 0.3 is 0 Å². The van der Waals surface area contributed by atoms with E-state index < -0.39 is 0 Å². The Morgan fingerprint density at radius 2 is 0.976 bits per heavy atom. The standard InChI is InChI=1S/C39H26N2/c1-3-15-28(16-4-1)36-26-30-19-8-10-22-32(30)39-37(29-17-5-2-6-18-29)38(40-41(36)39)35-24-12-11-23-34(35)33-25-13-20-27-14-7-9-21-31(27)33/h1-26H. The predicted octanol–water partition coefficient (Wildman–Crippen LogP) is 10.3. The quantitative estimate of drug-likeness (QED) is 0.225. The first kappa shape index (κ1) is 23.4. The van der Waals surface area contributed by atoms with Crippen molar-refractivity contribution >= 4 is 27.1 Å². The SMILES string of the molecule is c1ccc(-c2c(-c3ccccc3-c3cccc4ccccc34)nn3c(-c4ccccc4)cc4ccccc4c23)cc1. The first-order valence-corrected chi connectivity index (χ1v) is 14.0. The highest BCUT2D eigenvalue weighted by molar-refractivity contribution is 6.10. The lowest BCUT2D eigenvalue weighted by atomic mass is 9.90.